The van der Waals surface area contributed by atoms with Crippen molar-refractivity contribution in [1.82, 2.24) is 14.3 Å². The maximum atomic E-state index is 13.0. The summed E-state index contributed by atoms with van der Waals surface area (Å²) in [6.07, 6.45) is 4.01. The highest BCUT2D eigenvalue weighted by atomic mass is 35.5. The number of hydrogen-bond donors (Lipinski definition) is 2. The van der Waals surface area contributed by atoms with Crippen LogP contribution in [0.15, 0.2) is 64.5 Å². The first kappa shape index (κ1) is 26.0. The number of halogens is 1. The number of nitrogens with zero attached hydrogens (tertiary/aromatic N) is 3. The number of aryl methyl sites for hydroxylation is 1. The molecule has 0 saturated carbocycles. The first-order valence-electron chi connectivity index (χ1n) is 11.1. The molecule has 1 aliphatic heterocycles. The van der Waals surface area contributed by atoms with Crippen LogP contribution in [0.4, 0.5) is 11.6 Å². The van der Waals surface area contributed by atoms with Gasteiger partial charge in [-0.1, -0.05) is 18.0 Å². The van der Waals surface area contributed by atoms with Gasteiger partial charge < -0.3 is 5.32 Å². The van der Waals surface area contributed by atoms with Crippen LogP contribution in [0, 0.1) is 6.92 Å². The van der Waals surface area contributed by atoms with E-state index in [-0.39, 0.29) is 26.3 Å². The normalized spacial score (nSPS) is 14.8. The van der Waals surface area contributed by atoms with Crippen molar-refractivity contribution in [3.05, 3.63) is 71.0 Å². The summed E-state index contributed by atoms with van der Waals surface area (Å²) in [5, 5.41) is 2.71. The molecule has 0 radical (unpaired) electrons. The fourth-order valence-corrected chi connectivity index (χ4v) is 6.38. The molecule has 3 aromatic rings. The number of amides is 1. The number of rotatable bonds is 7. The molecule has 0 bridgehead atoms. The van der Waals surface area contributed by atoms with Crippen LogP contribution in [0.5, 0.6) is 0 Å². The fourth-order valence-electron chi connectivity index (χ4n) is 3.69. The van der Waals surface area contributed by atoms with Crippen LogP contribution >= 0.6 is 11.6 Å². The number of hydrogen-bond acceptors (Lipinski definition) is 7. The molecule has 0 atom stereocenters. The molecule has 0 unspecified atom stereocenters. The second kappa shape index (κ2) is 10.5. The summed E-state index contributed by atoms with van der Waals surface area (Å²) in [5.41, 5.74) is 0.892. The van der Waals surface area contributed by atoms with Crippen molar-refractivity contribution in [2.75, 3.05) is 23.1 Å². The Labute approximate surface area is 214 Å². The van der Waals surface area contributed by atoms with E-state index in [2.05, 4.69) is 20.0 Å². The fraction of sp³-hybridized carbons (Fsp3) is 0.261. The number of carbonyl (C=O) groups excluding carboxylic acids is 1. The van der Waals surface area contributed by atoms with Crippen LogP contribution in [-0.2, 0) is 20.0 Å². The predicted octanol–water partition coefficient (Wildman–Crippen LogP) is 3.67. The number of anilines is 2. The molecule has 0 spiro atoms. The highest BCUT2D eigenvalue weighted by Gasteiger charge is 2.27. The summed E-state index contributed by atoms with van der Waals surface area (Å²) in [5.74, 6) is -0.681. The van der Waals surface area contributed by atoms with E-state index in [4.69, 9.17) is 11.6 Å². The third-order valence-electron chi connectivity index (χ3n) is 5.58. The van der Waals surface area contributed by atoms with Crippen LogP contribution in [-0.4, -0.2) is 50.1 Å². The van der Waals surface area contributed by atoms with Gasteiger partial charge in [0.15, 0.2) is 0 Å². The Morgan fingerprint density at radius 2 is 1.61 bits per heavy atom. The second-order valence-electron chi connectivity index (χ2n) is 8.21. The monoisotopic (exact) mass is 549 g/mol. The molecule has 1 saturated heterocycles. The number of aromatic nitrogens is 2. The van der Waals surface area contributed by atoms with E-state index in [1.807, 2.05) is 0 Å². The topological polar surface area (TPSA) is 138 Å². The van der Waals surface area contributed by atoms with Gasteiger partial charge >= 0.3 is 0 Å². The van der Waals surface area contributed by atoms with Gasteiger partial charge in [-0.3, -0.25) is 4.79 Å². The molecule has 2 heterocycles. The van der Waals surface area contributed by atoms with Crippen molar-refractivity contribution >= 4 is 49.2 Å². The molecule has 4 rings (SSSR count). The molecule has 1 amide bonds. The van der Waals surface area contributed by atoms with Crippen molar-refractivity contribution < 1.29 is 21.6 Å². The number of nitrogens with one attached hydrogen (secondary N) is 2. The zero-order valence-corrected chi connectivity index (χ0v) is 21.7. The molecule has 1 aliphatic rings. The van der Waals surface area contributed by atoms with E-state index < -0.39 is 26.0 Å². The highest BCUT2D eigenvalue weighted by molar-refractivity contribution is 7.92. The Morgan fingerprint density at radius 3 is 2.28 bits per heavy atom. The second-order valence-corrected chi connectivity index (χ2v) is 12.2. The number of benzene rings is 2. The molecule has 10 nitrogen and oxygen atoms in total. The predicted molar refractivity (Wildman–Crippen MR) is 136 cm³/mol. The number of piperidine rings is 1. The van der Waals surface area contributed by atoms with E-state index >= 15 is 0 Å². The zero-order chi connectivity index (χ0) is 25.9. The van der Waals surface area contributed by atoms with Crippen LogP contribution < -0.4 is 10.0 Å². The first-order valence-corrected chi connectivity index (χ1v) is 14.4. The lowest BCUT2D eigenvalue weighted by Crippen LogP contribution is -2.35. The van der Waals surface area contributed by atoms with E-state index in [1.54, 1.807) is 13.0 Å². The number of carbonyl (C=O) groups is 1. The standard InChI is InChI=1S/C23H24ClN5O5S2/c1-16-11-12-25-23(26-16)28-35(31,32)18-7-5-17(6-8-18)27-22(30)20-15-19(9-10-21(20)24)36(33,34)29-13-3-2-4-14-29/h5-12,15H,2-4,13-14H2,1H3,(H,27,30)(H,25,26,28). The molecule has 1 fully saturated rings. The van der Waals surface area contributed by atoms with Gasteiger partial charge in [0.05, 0.1) is 20.4 Å². The first-order chi connectivity index (χ1) is 17.1. The summed E-state index contributed by atoms with van der Waals surface area (Å²) in [4.78, 5) is 20.7. The molecule has 2 N–H and O–H groups in total. The lowest BCUT2D eigenvalue weighted by atomic mass is 10.2. The van der Waals surface area contributed by atoms with Crippen molar-refractivity contribution in [3.8, 4) is 0 Å². The molecule has 1 aromatic heterocycles. The van der Waals surface area contributed by atoms with Gasteiger partial charge in [-0.25, -0.2) is 31.5 Å². The van der Waals surface area contributed by atoms with Crippen molar-refractivity contribution in [2.24, 2.45) is 0 Å². The molecule has 2 aromatic carbocycles. The molecule has 36 heavy (non-hydrogen) atoms. The van der Waals surface area contributed by atoms with E-state index in [0.717, 1.165) is 19.3 Å². The van der Waals surface area contributed by atoms with Gasteiger partial charge in [-0.05, 0) is 68.3 Å². The van der Waals surface area contributed by atoms with Crippen LogP contribution in [0.2, 0.25) is 5.02 Å². The third kappa shape index (κ3) is 5.84. The lowest BCUT2D eigenvalue weighted by Gasteiger charge is -2.26. The molecule has 190 valence electrons. The minimum absolute atomic E-state index is 0.00941. The molecule has 13 heteroatoms. The van der Waals surface area contributed by atoms with Crippen molar-refractivity contribution in [2.45, 2.75) is 36.0 Å². The molecule has 0 aliphatic carbocycles. The number of sulfonamides is 2. The quantitative estimate of drug-likeness (QED) is 0.458. The van der Waals surface area contributed by atoms with Crippen LogP contribution in [0.1, 0.15) is 35.3 Å². The lowest BCUT2D eigenvalue weighted by molar-refractivity contribution is 0.102. The summed E-state index contributed by atoms with van der Waals surface area (Å²) in [6.45, 7) is 2.58. The Hall–Kier alpha value is -3.06. The van der Waals surface area contributed by atoms with Gasteiger partial charge in [-0.2, -0.15) is 4.31 Å². The van der Waals surface area contributed by atoms with Gasteiger partial charge in [0, 0.05) is 30.7 Å². The average molecular weight is 550 g/mol. The third-order valence-corrected chi connectivity index (χ3v) is 9.15. The maximum absolute atomic E-state index is 13.0. The maximum Gasteiger partial charge on any atom is 0.264 e. The minimum atomic E-state index is -3.95. The minimum Gasteiger partial charge on any atom is -0.322 e. The van der Waals surface area contributed by atoms with Crippen LogP contribution in [0.25, 0.3) is 0 Å². The molecular weight excluding hydrogens is 526 g/mol. The summed E-state index contributed by atoms with van der Waals surface area (Å²) in [7, 11) is -7.69. The zero-order valence-electron chi connectivity index (χ0n) is 19.3. The van der Waals surface area contributed by atoms with Crippen molar-refractivity contribution in [3.63, 3.8) is 0 Å². The van der Waals surface area contributed by atoms with E-state index in [0.29, 0.717) is 24.5 Å². The van der Waals surface area contributed by atoms with E-state index in [9.17, 15) is 21.6 Å². The largest absolute Gasteiger partial charge is 0.322 e. The highest BCUT2D eigenvalue weighted by Crippen LogP contribution is 2.26. The van der Waals surface area contributed by atoms with Crippen LogP contribution in [0.3, 0.4) is 0 Å². The Bertz CT molecular complexity index is 1490. The van der Waals surface area contributed by atoms with Gasteiger partial charge in [-0.15, -0.1) is 0 Å². The average Bonchev–Trinajstić information content (AvgIpc) is 2.85. The summed E-state index contributed by atoms with van der Waals surface area (Å²) < 4.78 is 54.9. The Balaban J connectivity index is 1.50. The molecular formula is C23H24ClN5O5S2. The van der Waals surface area contributed by atoms with Crippen molar-refractivity contribution in [1.29, 1.82) is 0 Å². The van der Waals surface area contributed by atoms with E-state index in [1.165, 1.54) is 53.0 Å². The smallest absolute Gasteiger partial charge is 0.264 e. The van der Waals surface area contributed by atoms with Gasteiger partial charge in [0.25, 0.3) is 15.9 Å². The SMILES string of the molecule is Cc1ccnc(NS(=O)(=O)c2ccc(NC(=O)c3cc(S(=O)(=O)N4CCCCC4)ccc3Cl)cc2)n1. The summed E-state index contributed by atoms with van der Waals surface area (Å²) >= 11 is 6.20. The van der Waals surface area contributed by atoms with Gasteiger partial charge in [0.2, 0.25) is 16.0 Å². The Morgan fingerprint density at radius 1 is 0.944 bits per heavy atom. The van der Waals surface area contributed by atoms with Gasteiger partial charge in [0.1, 0.15) is 0 Å². The summed E-state index contributed by atoms with van der Waals surface area (Å²) in [6, 6.07) is 11.1. The Kier molecular flexibility index (Phi) is 7.59.